The number of hydrogen-bond acceptors (Lipinski definition) is 5. The molecule has 3 rings (SSSR count). The normalized spacial score (nSPS) is 10.8. The van der Waals surface area contributed by atoms with E-state index in [1.165, 1.54) is 10.6 Å². The first-order valence-electron chi connectivity index (χ1n) is 8.54. The SMILES string of the molecule is Cc1cc(OCC(=O)O)c2c(C(=O)C(N)=O)c(C)c(Cc3ccccc3)n2n1. The Balaban J connectivity index is 2.28. The van der Waals surface area contributed by atoms with Gasteiger partial charge in [-0.25, -0.2) is 9.31 Å². The molecule has 2 aromatic heterocycles. The van der Waals surface area contributed by atoms with Crippen molar-refractivity contribution < 1.29 is 24.2 Å². The van der Waals surface area contributed by atoms with Crippen molar-refractivity contribution in [3.8, 4) is 5.75 Å². The van der Waals surface area contributed by atoms with E-state index in [4.69, 9.17) is 15.6 Å². The van der Waals surface area contributed by atoms with E-state index in [1.54, 1.807) is 13.8 Å². The largest absolute Gasteiger partial charge is 0.480 e. The molecule has 0 unspecified atom stereocenters. The quantitative estimate of drug-likeness (QED) is 0.474. The van der Waals surface area contributed by atoms with Crippen molar-refractivity contribution >= 4 is 23.2 Å². The minimum atomic E-state index is -1.16. The van der Waals surface area contributed by atoms with Gasteiger partial charge in [-0.15, -0.1) is 0 Å². The second-order valence-electron chi connectivity index (χ2n) is 6.40. The maximum atomic E-state index is 12.5. The van der Waals surface area contributed by atoms with Gasteiger partial charge in [-0.1, -0.05) is 30.3 Å². The molecule has 0 saturated heterocycles. The molecule has 1 amide bonds. The lowest BCUT2D eigenvalue weighted by atomic mass is 10.0. The highest BCUT2D eigenvalue weighted by Crippen LogP contribution is 2.32. The molecule has 0 aliphatic carbocycles. The number of ether oxygens (including phenoxy) is 1. The van der Waals surface area contributed by atoms with Gasteiger partial charge >= 0.3 is 5.97 Å². The van der Waals surface area contributed by atoms with Crippen LogP contribution in [0.3, 0.4) is 0 Å². The van der Waals surface area contributed by atoms with E-state index >= 15 is 0 Å². The van der Waals surface area contributed by atoms with E-state index < -0.39 is 24.3 Å². The number of primary amides is 1. The molecule has 1 aromatic carbocycles. The van der Waals surface area contributed by atoms with E-state index in [0.717, 1.165) is 5.56 Å². The van der Waals surface area contributed by atoms with Gasteiger partial charge in [0.2, 0.25) is 0 Å². The zero-order chi connectivity index (χ0) is 20.4. The van der Waals surface area contributed by atoms with Crippen molar-refractivity contribution in [3.05, 3.63) is 64.5 Å². The highest BCUT2D eigenvalue weighted by atomic mass is 16.5. The number of aryl methyl sites for hydroxylation is 1. The van der Waals surface area contributed by atoms with Crippen LogP contribution in [0.1, 0.15) is 32.9 Å². The van der Waals surface area contributed by atoms with E-state index in [2.05, 4.69) is 5.10 Å². The Bertz CT molecular complexity index is 1090. The van der Waals surface area contributed by atoms with Crippen LogP contribution in [-0.2, 0) is 16.0 Å². The molecule has 28 heavy (non-hydrogen) atoms. The third kappa shape index (κ3) is 3.57. The number of ketones is 1. The first-order chi connectivity index (χ1) is 13.3. The van der Waals surface area contributed by atoms with Gasteiger partial charge in [0.25, 0.3) is 11.7 Å². The zero-order valence-corrected chi connectivity index (χ0v) is 15.4. The summed E-state index contributed by atoms with van der Waals surface area (Å²) < 4.78 is 6.92. The lowest BCUT2D eigenvalue weighted by molar-refractivity contribution is -0.139. The molecule has 0 radical (unpaired) electrons. The molecule has 0 spiro atoms. The lowest BCUT2D eigenvalue weighted by Gasteiger charge is -2.09. The summed E-state index contributed by atoms with van der Waals surface area (Å²) in [6.45, 7) is 2.84. The number of carboxylic acids is 1. The Labute approximate surface area is 160 Å². The van der Waals surface area contributed by atoms with E-state index in [-0.39, 0.29) is 16.8 Å². The summed E-state index contributed by atoms with van der Waals surface area (Å²) in [6, 6.07) is 11.1. The lowest BCUT2D eigenvalue weighted by Crippen LogP contribution is -2.23. The van der Waals surface area contributed by atoms with Gasteiger partial charge in [-0.3, -0.25) is 9.59 Å². The minimum absolute atomic E-state index is 0.0753. The summed E-state index contributed by atoms with van der Waals surface area (Å²) in [5, 5.41) is 13.4. The zero-order valence-electron chi connectivity index (χ0n) is 15.4. The Morgan fingerprint density at radius 2 is 1.86 bits per heavy atom. The average molecular weight is 381 g/mol. The number of benzene rings is 1. The maximum absolute atomic E-state index is 12.5. The van der Waals surface area contributed by atoms with Crippen LogP contribution in [0, 0.1) is 13.8 Å². The highest BCUT2D eigenvalue weighted by Gasteiger charge is 2.27. The molecule has 2 heterocycles. The summed E-state index contributed by atoms with van der Waals surface area (Å²) in [6.07, 6.45) is 0.453. The van der Waals surface area contributed by atoms with Gasteiger partial charge in [-0.2, -0.15) is 5.10 Å². The fraction of sp³-hybridized carbons (Fsp3) is 0.200. The van der Waals surface area contributed by atoms with E-state index in [0.29, 0.717) is 23.4 Å². The molecule has 0 saturated carbocycles. The van der Waals surface area contributed by atoms with Crippen molar-refractivity contribution in [1.82, 2.24) is 9.61 Å². The Hall–Kier alpha value is -3.68. The fourth-order valence-electron chi connectivity index (χ4n) is 3.15. The third-order valence-electron chi connectivity index (χ3n) is 4.36. The molecule has 0 atom stereocenters. The predicted molar refractivity (Wildman–Crippen MR) is 101 cm³/mol. The molecule has 0 fully saturated rings. The summed E-state index contributed by atoms with van der Waals surface area (Å²) in [5.74, 6) is -2.99. The average Bonchev–Trinajstić information content (AvgIpc) is 2.91. The van der Waals surface area contributed by atoms with Crippen LogP contribution in [-0.4, -0.2) is 39.0 Å². The molecule has 8 nitrogen and oxygen atoms in total. The molecule has 8 heteroatoms. The summed E-state index contributed by atoms with van der Waals surface area (Å²) >= 11 is 0. The van der Waals surface area contributed by atoms with Crippen LogP contribution in [0.15, 0.2) is 36.4 Å². The number of carbonyl (C=O) groups is 3. The number of Topliss-reactive ketones (excluding diaryl/α,β-unsaturated/α-hetero) is 1. The molecular weight excluding hydrogens is 362 g/mol. The fourth-order valence-corrected chi connectivity index (χ4v) is 3.15. The smallest absolute Gasteiger partial charge is 0.341 e. The van der Waals surface area contributed by atoms with Crippen LogP contribution in [0.2, 0.25) is 0 Å². The maximum Gasteiger partial charge on any atom is 0.341 e. The Morgan fingerprint density at radius 3 is 2.46 bits per heavy atom. The number of aliphatic carboxylic acids is 1. The molecule has 0 bridgehead atoms. The predicted octanol–water partition coefficient (Wildman–Crippen LogP) is 1.67. The van der Waals surface area contributed by atoms with Gasteiger partial charge in [0.1, 0.15) is 11.3 Å². The summed E-state index contributed by atoms with van der Waals surface area (Å²) in [4.78, 5) is 35.1. The van der Waals surface area contributed by atoms with Crippen molar-refractivity contribution in [1.29, 1.82) is 0 Å². The molecule has 3 aromatic rings. The van der Waals surface area contributed by atoms with Crippen molar-refractivity contribution in [3.63, 3.8) is 0 Å². The van der Waals surface area contributed by atoms with Crippen LogP contribution in [0.5, 0.6) is 5.75 Å². The van der Waals surface area contributed by atoms with Crippen LogP contribution in [0.25, 0.3) is 5.52 Å². The number of aromatic nitrogens is 2. The number of nitrogens with zero attached hydrogens (tertiary/aromatic N) is 2. The van der Waals surface area contributed by atoms with E-state index in [9.17, 15) is 14.4 Å². The summed E-state index contributed by atoms with van der Waals surface area (Å²) in [7, 11) is 0. The third-order valence-corrected chi connectivity index (χ3v) is 4.36. The molecule has 0 aliphatic rings. The van der Waals surface area contributed by atoms with Gasteiger partial charge < -0.3 is 15.6 Å². The van der Waals surface area contributed by atoms with Crippen LogP contribution < -0.4 is 10.5 Å². The highest BCUT2D eigenvalue weighted by molar-refractivity contribution is 6.44. The molecule has 0 aliphatic heterocycles. The monoisotopic (exact) mass is 381 g/mol. The Morgan fingerprint density at radius 1 is 1.18 bits per heavy atom. The Kier molecular flexibility index (Phi) is 5.12. The first kappa shape index (κ1) is 19.1. The molecule has 3 N–H and O–H groups in total. The standard InChI is InChI=1S/C20H19N3O5/c1-11-8-15(28-10-16(24)25)18-17(19(26)20(21)27)12(2)14(23(18)22-11)9-13-6-4-3-5-7-13/h3-8H,9-10H2,1-2H3,(H2,21,27)(H,24,25). The first-order valence-corrected chi connectivity index (χ1v) is 8.54. The number of rotatable bonds is 7. The van der Waals surface area contributed by atoms with Crippen molar-refractivity contribution in [2.75, 3.05) is 6.61 Å². The van der Waals surface area contributed by atoms with Gasteiger partial charge in [0.05, 0.1) is 17.0 Å². The van der Waals surface area contributed by atoms with Crippen molar-refractivity contribution in [2.45, 2.75) is 20.3 Å². The molecular formula is C20H19N3O5. The second-order valence-corrected chi connectivity index (χ2v) is 6.40. The topological polar surface area (TPSA) is 124 Å². The van der Waals surface area contributed by atoms with Gasteiger partial charge in [0.15, 0.2) is 6.61 Å². The number of hydrogen-bond donors (Lipinski definition) is 2. The van der Waals surface area contributed by atoms with Crippen LogP contribution >= 0.6 is 0 Å². The number of fused-ring (bicyclic) bond motifs is 1. The summed E-state index contributed by atoms with van der Waals surface area (Å²) in [5.41, 5.74) is 8.34. The number of amides is 1. The van der Waals surface area contributed by atoms with E-state index in [1.807, 2.05) is 30.3 Å². The van der Waals surface area contributed by atoms with Gasteiger partial charge in [0, 0.05) is 12.5 Å². The van der Waals surface area contributed by atoms with Gasteiger partial charge in [-0.05, 0) is 25.0 Å². The van der Waals surface area contributed by atoms with Crippen molar-refractivity contribution in [2.24, 2.45) is 5.73 Å². The number of carbonyl (C=O) groups excluding carboxylic acids is 2. The van der Waals surface area contributed by atoms with Crippen LogP contribution in [0.4, 0.5) is 0 Å². The minimum Gasteiger partial charge on any atom is -0.480 e. The number of carboxylic acid groups (broad SMARTS) is 1. The second kappa shape index (κ2) is 7.51. The number of nitrogens with two attached hydrogens (primary N) is 1. The molecule has 144 valence electrons.